The maximum Gasteiger partial charge on any atom is 0.410 e. The lowest BCUT2D eigenvalue weighted by atomic mass is 9.83. The second-order valence-corrected chi connectivity index (χ2v) is 7.92. The highest BCUT2D eigenvalue weighted by Gasteiger charge is 2.49. The quantitative estimate of drug-likeness (QED) is 0.721. The molecule has 2 aromatic rings. The monoisotopic (exact) mass is 444 g/mol. The molecule has 146 valence electrons. The Kier molecular flexibility index (Phi) is 5.26. The van der Waals surface area contributed by atoms with Crippen LogP contribution in [-0.2, 0) is 20.9 Å². The van der Waals surface area contributed by atoms with Gasteiger partial charge in [0.05, 0.1) is 13.2 Å². The number of carbonyl (C=O) groups excluding carboxylic acids is 2. The third-order valence-electron chi connectivity index (χ3n) is 5.41. The summed E-state index contributed by atoms with van der Waals surface area (Å²) in [6, 6.07) is 14.7. The number of hydrogen-bond donors (Lipinski definition) is 1. The number of halogens is 1. The Morgan fingerprint density at radius 3 is 2.75 bits per heavy atom. The van der Waals surface area contributed by atoms with E-state index in [1.807, 2.05) is 48.5 Å². The molecule has 0 unspecified atom stereocenters. The van der Waals surface area contributed by atoms with Crippen molar-refractivity contribution >= 4 is 33.7 Å². The number of nitrogens with one attached hydrogen (secondary N) is 1. The second-order valence-electron chi connectivity index (χ2n) is 7.01. The lowest BCUT2D eigenvalue weighted by molar-refractivity contribution is -0.143. The molecule has 0 radical (unpaired) electrons. The third-order valence-corrected chi connectivity index (χ3v) is 5.90. The van der Waals surface area contributed by atoms with Crippen LogP contribution in [0.2, 0.25) is 0 Å². The number of likely N-dealkylation sites (tertiary alicyclic amines) is 1. The van der Waals surface area contributed by atoms with Crippen LogP contribution in [0.4, 0.5) is 10.5 Å². The zero-order valence-electron chi connectivity index (χ0n) is 15.4. The van der Waals surface area contributed by atoms with Crippen molar-refractivity contribution in [2.75, 3.05) is 19.0 Å². The molecule has 1 saturated heterocycles. The molecule has 4 rings (SSSR count). The van der Waals surface area contributed by atoms with Gasteiger partial charge in [-0.3, -0.25) is 0 Å². The largest absolute Gasteiger partial charge is 0.467 e. The maximum atomic E-state index is 12.9. The van der Waals surface area contributed by atoms with E-state index in [0.717, 1.165) is 21.3 Å². The molecule has 3 atom stereocenters. The van der Waals surface area contributed by atoms with E-state index in [1.165, 1.54) is 7.11 Å². The van der Waals surface area contributed by atoms with Gasteiger partial charge in [0.1, 0.15) is 12.6 Å². The van der Waals surface area contributed by atoms with E-state index in [0.29, 0.717) is 13.0 Å². The van der Waals surface area contributed by atoms with Crippen LogP contribution in [0, 0.1) is 5.92 Å². The van der Waals surface area contributed by atoms with Crippen molar-refractivity contribution in [1.82, 2.24) is 4.90 Å². The highest BCUT2D eigenvalue weighted by Crippen LogP contribution is 2.47. The Labute approximate surface area is 171 Å². The van der Waals surface area contributed by atoms with E-state index >= 15 is 0 Å². The number of rotatable bonds is 3. The minimum Gasteiger partial charge on any atom is -0.467 e. The number of nitrogens with zero attached hydrogens (tertiary/aromatic N) is 1. The Morgan fingerprint density at radius 1 is 1.21 bits per heavy atom. The van der Waals surface area contributed by atoms with Gasteiger partial charge in [-0.1, -0.05) is 46.3 Å². The topological polar surface area (TPSA) is 67.9 Å². The van der Waals surface area contributed by atoms with Crippen LogP contribution in [-0.4, -0.2) is 36.7 Å². The average Bonchev–Trinajstić information content (AvgIpc) is 3.17. The summed E-state index contributed by atoms with van der Waals surface area (Å²) in [6.07, 6.45) is 0.330. The molecule has 1 N–H and O–H groups in total. The van der Waals surface area contributed by atoms with Crippen LogP contribution >= 0.6 is 15.9 Å². The van der Waals surface area contributed by atoms with Crippen LogP contribution in [0.3, 0.4) is 0 Å². The van der Waals surface area contributed by atoms with Gasteiger partial charge in [-0.2, -0.15) is 0 Å². The van der Waals surface area contributed by atoms with E-state index in [-0.39, 0.29) is 30.6 Å². The zero-order chi connectivity index (χ0) is 19.7. The van der Waals surface area contributed by atoms with E-state index in [1.54, 1.807) is 4.90 Å². The van der Waals surface area contributed by atoms with Crippen LogP contribution < -0.4 is 5.32 Å². The first-order chi connectivity index (χ1) is 13.6. The summed E-state index contributed by atoms with van der Waals surface area (Å²) in [5.74, 6) is -0.387. The molecular weight excluding hydrogens is 424 g/mol. The molecule has 1 fully saturated rings. The molecule has 28 heavy (non-hydrogen) atoms. The van der Waals surface area contributed by atoms with E-state index in [2.05, 4.69) is 21.2 Å². The minimum atomic E-state index is -0.490. The zero-order valence-corrected chi connectivity index (χ0v) is 17.0. The number of amides is 1. The molecule has 0 aliphatic carbocycles. The Morgan fingerprint density at radius 2 is 2.00 bits per heavy atom. The highest BCUT2D eigenvalue weighted by molar-refractivity contribution is 9.10. The molecule has 2 heterocycles. The number of ether oxygens (including phenoxy) is 2. The molecule has 0 spiro atoms. The summed E-state index contributed by atoms with van der Waals surface area (Å²) in [5.41, 5.74) is 2.75. The average molecular weight is 445 g/mol. The molecule has 1 amide bonds. The predicted octanol–water partition coefficient (Wildman–Crippen LogP) is 4.12. The number of carbonyl (C=O) groups is 2. The van der Waals surface area contributed by atoms with Crippen LogP contribution in [0.1, 0.15) is 23.6 Å². The summed E-state index contributed by atoms with van der Waals surface area (Å²) < 4.78 is 11.5. The first-order valence-corrected chi connectivity index (χ1v) is 9.99. The fraction of sp³-hybridized carbons (Fsp3) is 0.333. The van der Waals surface area contributed by atoms with E-state index in [4.69, 9.17) is 9.47 Å². The number of methoxy groups -OCH3 is 1. The Balaban J connectivity index is 1.60. The molecule has 7 heteroatoms. The predicted molar refractivity (Wildman–Crippen MR) is 108 cm³/mol. The summed E-state index contributed by atoms with van der Waals surface area (Å²) in [7, 11) is 1.39. The van der Waals surface area contributed by atoms with Crippen molar-refractivity contribution in [1.29, 1.82) is 0 Å². The molecule has 0 saturated carbocycles. The van der Waals surface area contributed by atoms with Gasteiger partial charge >= 0.3 is 12.1 Å². The molecule has 0 bridgehead atoms. The third kappa shape index (κ3) is 3.46. The lowest BCUT2D eigenvalue weighted by Crippen LogP contribution is -2.45. The Hall–Kier alpha value is -2.54. The molecule has 2 aliphatic rings. The van der Waals surface area contributed by atoms with Crippen molar-refractivity contribution in [3.8, 4) is 0 Å². The van der Waals surface area contributed by atoms with Crippen molar-refractivity contribution in [2.45, 2.75) is 25.1 Å². The molecule has 0 aromatic heterocycles. The van der Waals surface area contributed by atoms with Crippen molar-refractivity contribution in [2.24, 2.45) is 5.92 Å². The number of benzene rings is 2. The fourth-order valence-electron chi connectivity index (χ4n) is 4.12. The normalized spacial score (nSPS) is 22.6. The first-order valence-electron chi connectivity index (χ1n) is 9.19. The van der Waals surface area contributed by atoms with Crippen molar-refractivity contribution in [3.05, 3.63) is 64.1 Å². The highest BCUT2D eigenvalue weighted by atomic mass is 79.9. The van der Waals surface area contributed by atoms with Gasteiger partial charge in [0.15, 0.2) is 0 Å². The van der Waals surface area contributed by atoms with Gasteiger partial charge in [-0.05, 0) is 35.7 Å². The van der Waals surface area contributed by atoms with Crippen LogP contribution in [0.15, 0.2) is 53.0 Å². The first kappa shape index (κ1) is 18.8. The van der Waals surface area contributed by atoms with Crippen LogP contribution in [0.25, 0.3) is 0 Å². The number of esters is 1. The van der Waals surface area contributed by atoms with Crippen LogP contribution in [0.5, 0.6) is 0 Å². The molecule has 2 aromatic carbocycles. The van der Waals surface area contributed by atoms with Gasteiger partial charge in [0.25, 0.3) is 0 Å². The SMILES string of the molecule is COC(=O)[C@@H]1Nc2ccc(Br)cc2[C@H]2[C@@H]1CCN2C(=O)OCc1ccccc1. The van der Waals surface area contributed by atoms with Gasteiger partial charge < -0.3 is 19.7 Å². The van der Waals surface area contributed by atoms with E-state index in [9.17, 15) is 9.59 Å². The van der Waals surface area contributed by atoms with Crippen molar-refractivity contribution < 1.29 is 19.1 Å². The smallest absolute Gasteiger partial charge is 0.410 e. The standard InChI is InChI=1S/C21H21BrN2O4/c1-27-20(25)18-15-9-10-24(21(26)28-12-13-5-3-2-4-6-13)19(15)16-11-14(22)7-8-17(16)23-18/h2-8,11,15,18-19,23H,9-10,12H2,1H3/t15-,18-,19-/m1/s1. The molecular formula is C21H21BrN2O4. The van der Waals surface area contributed by atoms with E-state index < -0.39 is 6.04 Å². The molecule has 6 nitrogen and oxygen atoms in total. The van der Waals surface area contributed by atoms with Gasteiger partial charge in [-0.25, -0.2) is 9.59 Å². The van der Waals surface area contributed by atoms with Gasteiger partial charge in [0.2, 0.25) is 0 Å². The summed E-state index contributed by atoms with van der Waals surface area (Å²) in [4.78, 5) is 26.9. The van der Waals surface area contributed by atoms with Gasteiger partial charge in [-0.15, -0.1) is 0 Å². The summed E-state index contributed by atoms with van der Waals surface area (Å²) >= 11 is 3.51. The minimum absolute atomic E-state index is 0.0708. The number of hydrogen-bond acceptors (Lipinski definition) is 5. The fourth-order valence-corrected chi connectivity index (χ4v) is 4.49. The number of fused-ring (bicyclic) bond motifs is 3. The van der Waals surface area contributed by atoms with Gasteiger partial charge in [0, 0.05) is 22.6 Å². The summed E-state index contributed by atoms with van der Waals surface area (Å²) in [5, 5.41) is 3.29. The second kappa shape index (κ2) is 7.83. The summed E-state index contributed by atoms with van der Waals surface area (Å²) in [6.45, 7) is 0.752. The maximum absolute atomic E-state index is 12.9. The number of anilines is 1. The lowest BCUT2D eigenvalue weighted by Gasteiger charge is -2.38. The van der Waals surface area contributed by atoms with Crippen molar-refractivity contribution in [3.63, 3.8) is 0 Å². The Bertz CT molecular complexity index is 889. The molecule has 2 aliphatic heterocycles.